The van der Waals surface area contributed by atoms with Gasteiger partial charge in [0, 0.05) is 44.0 Å². The van der Waals surface area contributed by atoms with Crippen LogP contribution < -0.4 is 16.0 Å². The van der Waals surface area contributed by atoms with Crippen LogP contribution in [-0.2, 0) is 27.8 Å². The van der Waals surface area contributed by atoms with E-state index < -0.39 is 18.1 Å². The number of amides is 1. The Balaban J connectivity index is 2.30. The molecular formula is C23H35Cl2N5O3. The van der Waals surface area contributed by atoms with E-state index in [1.165, 1.54) is 0 Å². The fourth-order valence-corrected chi connectivity index (χ4v) is 4.11. The lowest BCUT2D eigenvalue weighted by Gasteiger charge is -2.22. The number of nitrogens with two attached hydrogens (primary N) is 1. The molecule has 2 unspecified atom stereocenters. The van der Waals surface area contributed by atoms with Gasteiger partial charge in [0.25, 0.3) is 0 Å². The molecule has 0 aliphatic rings. The highest BCUT2D eigenvalue weighted by Gasteiger charge is 2.27. The van der Waals surface area contributed by atoms with E-state index in [1.54, 1.807) is 6.92 Å². The van der Waals surface area contributed by atoms with E-state index >= 15 is 0 Å². The van der Waals surface area contributed by atoms with Crippen LogP contribution in [0.3, 0.4) is 0 Å². The Morgan fingerprint density at radius 2 is 1.91 bits per heavy atom. The van der Waals surface area contributed by atoms with Crippen molar-refractivity contribution in [3.05, 3.63) is 24.0 Å². The highest BCUT2D eigenvalue weighted by molar-refractivity contribution is 6.18. The van der Waals surface area contributed by atoms with Crippen LogP contribution >= 0.6 is 23.2 Å². The van der Waals surface area contributed by atoms with Gasteiger partial charge >= 0.3 is 5.97 Å². The molecule has 10 heteroatoms. The summed E-state index contributed by atoms with van der Waals surface area (Å²) >= 11 is 11.9. The maximum absolute atomic E-state index is 12.6. The molecule has 0 aliphatic heterocycles. The van der Waals surface area contributed by atoms with Gasteiger partial charge in [-0.05, 0) is 37.5 Å². The summed E-state index contributed by atoms with van der Waals surface area (Å²) in [4.78, 5) is 32.0. The third kappa shape index (κ3) is 7.48. The molecule has 0 radical (unpaired) electrons. The second kappa shape index (κ2) is 13.0. The van der Waals surface area contributed by atoms with Crippen molar-refractivity contribution in [2.45, 2.75) is 45.7 Å². The third-order valence-corrected chi connectivity index (χ3v) is 5.71. The van der Waals surface area contributed by atoms with Crippen molar-refractivity contribution in [3.63, 3.8) is 0 Å². The van der Waals surface area contributed by atoms with Crippen LogP contribution in [0.1, 0.15) is 33.0 Å². The first-order valence-corrected chi connectivity index (χ1v) is 12.3. The van der Waals surface area contributed by atoms with Crippen molar-refractivity contribution >= 4 is 51.8 Å². The minimum Gasteiger partial charge on any atom is -0.464 e. The molecule has 184 valence electrons. The maximum Gasteiger partial charge on any atom is 0.329 e. The van der Waals surface area contributed by atoms with E-state index in [2.05, 4.69) is 10.2 Å². The van der Waals surface area contributed by atoms with Gasteiger partial charge < -0.3 is 25.3 Å². The number of nitrogens with one attached hydrogen (secondary N) is 1. The lowest BCUT2D eigenvalue weighted by molar-refractivity contribution is -0.147. The SMILES string of the molecule is CCOC(=O)C(Cc1nc2cc(N(CCCl)CCCl)ccc2n1C)NC(=O)C(N)CC(C)C. The zero-order valence-electron chi connectivity index (χ0n) is 19.8. The number of aryl methyl sites for hydroxylation is 1. The summed E-state index contributed by atoms with van der Waals surface area (Å²) in [5, 5.41) is 2.76. The quantitative estimate of drug-likeness (QED) is 0.324. The van der Waals surface area contributed by atoms with Crippen molar-refractivity contribution in [2.24, 2.45) is 18.7 Å². The third-order valence-electron chi connectivity index (χ3n) is 5.37. The Morgan fingerprint density at radius 3 is 2.48 bits per heavy atom. The number of benzene rings is 1. The standard InChI is InChI=1S/C23H35Cl2N5O3/c1-5-33-23(32)19(28-22(31)17(26)12-15(2)3)14-21-27-18-13-16(6-7-20(18)29(21)4)30(10-8-24)11-9-25/h6-7,13,15,17,19H,5,8-12,14,26H2,1-4H3,(H,28,31). The topological polar surface area (TPSA) is 102 Å². The number of hydrogen-bond donors (Lipinski definition) is 2. The second-order valence-electron chi connectivity index (χ2n) is 8.38. The van der Waals surface area contributed by atoms with Crippen LogP contribution in [0.15, 0.2) is 18.2 Å². The van der Waals surface area contributed by atoms with E-state index in [4.69, 9.17) is 38.7 Å². The lowest BCUT2D eigenvalue weighted by atomic mass is 10.0. The predicted octanol–water partition coefficient (Wildman–Crippen LogP) is 2.82. The smallest absolute Gasteiger partial charge is 0.329 e. The van der Waals surface area contributed by atoms with Crippen molar-refractivity contribution in [1.29, 1.82) is 0 Å². The van der Waals surface area contributed by atoms with E-state index in [0.717, 1.165) is 16.7 Å². The Hall–Kier alpha value is -2.03. The molecule has 0 saturated heterocycles. The normalized spacial score (nSPS) is 13.2. The molecule has 2 atom stereocenters. The number of halogens is 2. The number of nitrogens with zero attached hydrogens (tertiary/aromatic N) is 3. The maximum atomic E-state index is 12.6. The largest absolute Gasteiger partial charge is 0.464 e. The number of aromatic nitrogens is 2. The van der Waals surface area contributed by atoms with E-state index in [-0.39, 0.29) is 24.9 Å². The average molecular weight is 500 g/mol. The summed E-state index contributed by atoms with van der Waals surface area (Å²) in [6, 6.07) is 4.39. The van der Waals surface area contributed by atoms with Crippen molar-refractivity contribution in [2.75, 3.05) is 36.4 Å². The highest BCUT2D eigenvalue weighted by Crippen LogP contribution is 2.23. The molecule has 0 spiro atoms. The van der Waals surface area contributed by atoms with Gasteiger partial charge in [0.2, 0.25) is 5.91 Å². The number of carbonyl (C=O) groups is 2. The van der Waals surface area contributed by atoms with Crippen molar-refractivity contribution in [3.8, 4) is 0 Å². The summed E-state index contributed by atoms with van der Waals surface area (Å²) in [6.07, 6.45) is 0.712. The molecule has 8 nitrogen and oxygen atoms in total. The molecule has 1 aromatic heterocycles. The molecular weight excluding hydrogens is 465 g/mol. The van der Waals surface area contributed by atoms with Gasteiger partial charge in [0.15, 0.2) is 0 Å². The zero-order valence-corrected chi connectivity index (χ0v) is 21.3. The van der Waals surface area contributed by atoms with Gasteiger partial charge in [-0.2, -0.15) is 0 Å². The summed E-state index contributed by atoms with van der Waals surface area (Å²) in [6.45, 7) is 7.27. The number of alkyl halides is 2. The summed E-state index contributed by atoms with van der Waals surface area (Å²) in [5.74, 6) is 1.01. The number of rotatable bonds is 13. The average Bonchev–Trinajstić information content (AvgIpc) is 3.07. The van der Waals surface area contributed by atoms with Crippen molar-refractivity contribution < 1.29 is 14.3 Å². The molecule has 1 amide bonds. The number of carbonyl (C=O) groups excluding carboxylic acids is 2. The van der Waals surface area contributed by atoms with Gasteiger partial charge in [-0.25, -0.2) is 9.78 Å². The van der Waals surface area contributed by atoms with E-state index in [0.29, 0.717) is 37.1 Å². The van der Waals surface area contributed by atoms with Gasteiger partial charge in [0.05, 0.1) is 23.7 Å². The van der Waals surface area contributed by atoms with Gasteiger partial charge in [0.1, 0.15) is 11.9 Å². The zero-order chi connectivity index (χ0) is 24.5. The first kappa shape index (κ1) is 27.2. The van der Waals surface area contributed by atoms with Crippen LogP contribution in [0.4, 0.5) is 5.69 Å². The summed E-state index contributed by atoms with van der Waals surface area (Å²) in [5.41, 5.74) is 8.68. The lowest BCUT2D eigenvalue weighted by Crippen LogP contribution is -2.50. The summed E-state index contributed by atoms with van der Waals surface area (Å²) < 4.78 is 7.11. The fraction of sp³-hybridized carbons (Fsp3) is 0.609. The molecule has 2 rings (SSSR count). The first-order valence-electron chi connectivity index (χ1n) is 11.3. The number of anilines is 1. The number of hydrogen-bond acceptors (Lipinski definition) is 6. The van der Waals surface area contributed by atoms with Crippen LogP contribution in [-0.4, -0.2) is 65.0 Å². The Bertz CT molecular complexity index is 928. The number of ether oxygens (including phenoxy) is 1. The number of fused-ring (bicyclic) bond motifs is 1. The fourth-order valence-electron chi connectivity index (χ4n) is 3.70. The Labute approximate surface area is 205 Å². The minimum absolute atomic E-state index is 0.187. The van der Waals surface area contributed by atoms with Crippen LogP contribution in [0.2, 0.25) is 0 Å². The van der Waals surface area contributed by atoms with Crippen LogP contribution in [0.25, 0.3) is 11.0 Å². The molecule has 3 N–H and O–H groups in total. The molecule has 1 aromatic carbocycles. The van der Waals surface area contributed by atoms with E-state index in [1.807, 2.05) is 43.7 Å². The number of imidazole rings is 1. The molecule has 0 fully saturated rings. The van der Waals surface area contributed by atoms with Crippen LogP contribution in [0.5, 0.6) is 0 Å². The number of esters is 1. The van der Waals surface area contributed by atoms with Crippen molar-refractivity contribution in [1.82, 2.24) is 14.9 Å². The van der Waals surface area contributed by atoms with Gasteiger partial charge in [-0.1, -0.05) is 13.8 Å². The molecule has 1 heterocycles. The van der Waals surface area contributed by atoms with Gasteiger partial charge in [-0.15, -0.1) is 23.2 Å². The highest BCUT2D eigenvalue weighted by atomic mass is 35.5. The predicted molar refractivity (Wildman–Crippen MR) is 134 cm³/mol. The molecule has 2 aromatic rings. The molecule has 33 heavy (non-hydrogen) atoms. The Morgan fingerprint density at radius 1 is 1.24 bits per heavy atom. The molecule has 0 saturated carbocycles. The Kier molecular flexibility index (Phi) is 10.7. The monoisotopic (exact) mass is 499 g/mol. The van der Waals surface area contributed by atoms with Crippen LogP contribution in [0, 0.1) is 5.92 Å². The molecule has 0 aliphatic carbocycles. The second-order valence-corrected chi connectivity index (χ2v) is 9.13. The first-order chi connectivity index (χ1) is 15.7. The van der Waals surface area contributed by atoms with Gasteiger partial charge in [-0.3, -0.25) is 4.79 Å². The summed E-state index contributed by atoms with van der Waals surface area (Å²) in [7, 11) is 1.88. The van der Waals surface area contributed by atoms with E-state index in [9.17, 15) is 9.59 Å². The minimum atomic E-state index is -0.880. The molecule has 0 bridgehead atoms.